The molecule has 0 bridgehead atoms. The number of nitrogens with two attached hydrogens (primary N) is 1. The number of non-ortho nitro benzene ring substituents is 1. The largest absolute Gasteiger partial charge is 0.385 e. The van der Waals surface area contributed by atoms with Gasteiger partial charge in [0.25, 0.3) is 5.69 Å². The van der Waals surface area contributed by atoms with E-state index in [4.69, 9.17) is 5.73 Å². The Hall–Kier alpha value is -1.46. The second-order valence-electron chi connectivity index (χ2n) is 4.45. The zero-order valence-electron chi connectivity index (χ0n) is 10.1. The van der Waals surface area contributed by atoms with Crippen LogP contribution in [-0.2, 0) is 5.60 Å². The van der Waals surface area contributed by atoms with E-state index in [-0.39, 0.29) is 11.7 Å². The molecule has 17 heavy (non-hydrogen) atoms. The number of benzene rings is 1. The molecule has 1 aromatic carbocycles. The van der Waals surface area contributed by atoms with Gasteiger partial charge in [-0.05, 0) is 37.5 Å². The van der Waals surface area contributed by atoms with Crippen molar-refractivity contribution in [2.24, 2.45) is 5.73 Å². The van der Waals surface area contributed by atoms with Crippen LogP contribution in [0.15, 0.2) is 24.3 Å². The van der Waals surface area contributed by atoms with Gasteiger partial charge in [0, 0.05) is 18.2 Å². The van der Waals surface area contributed by atoms with Crippen LogP contribution in [0.2, 0.25) is 0 Å². The third kappa shape index (κ3) is 3.51. The molecule has 0 aliphatic carbocycles. The summed E-state index contributed by atoms with van der Waals surface area (Å²) in [5.41, 5.74) is 5.42. The molecule has 0 radical (unpaired) electrons. The van der Waals surface area contributed by atoms with E-state index in [1.54, 1.807) is 19.1 Å². The number of rotatable bonds is 5. The fourth-order valence-corrected chi connectivity index (χ4v) is 1.71. The van der Waals surface area contributed by atoms with Crippen molar-refractivity contribution in [3.05, 3.63) is 39.9 Å². The van der Waals surface area contributed by atoms with Gasteiger partial charge in [-0.2, -0.15) is 0 Å². The van der Waals surface area contributed by atoms with Crippen LogP contribution in [0.4, 0.5) is 5.69 Å². The molecule has 1 aromatic rings. The van der Waals surface area contributed by atoms with Crippen LogP contribution in [0, 0.1) is 10.1 Å². The first kappa shape index (κ1) is 13.6. The fraction of sp³-hybridized carbons (Fsp3) is 0.500. The molecule has 0 aliphatic rings. The van der Waals surface area contributed by atoms with Crippen LogP contribution in [0.3, 0.4) is 0 Å². The van der Waals surface area contributed by atoms with Crippen molar-refractivity contribution in [3.8, 4) is 0 Å². The van der Waals surface area contributed by atoms with Crippen LogP contribution >= 0.6 is 0 Å². The van der Waals surface area contributed by atoms with E-state index in [1.165, 1.54) is 12.1 Å². The van der Waals surface area contributed by atoms with Crippen molar-refractivity contribution in [2.75, 3.05) is 0 Å². The molecule has 0 saturated carbocycles. The smallest absolute Gasteiger partial charge is 0.269 e. The summed E-state index contributed by atoms with van der Waals surface area (Å²) < 4.78 is 0. The van der Waals surface area contributed by atoms with Gasteiger partial charge in [0.05, 0.1) is 10.5 Å². The zero-order chi connectivity index (χ0) is 13.1. The molecule has 94 valence electrons. The van der Waals surface area contributed by atoms with Gasteiger partial charge in [-0.25, -0.2) is 0 Å². The molecule has 2 unspecified atom stereocenters. The molecule has 0 aliphatic heterocycles. The fourth-order valence-electron chi connectivity index (χ4n) is 1.71. The second kappa shape index (κ2) is 5.25. The Morgan fingerprint density at radius 2 is 2.00 bits per heavy atom. The maximum absolute atomic E-state index is 10.5. The maximum atomic E-state index is 10.5. The van der Waals surface area contributed by atoms with Gasteiger partial charge in [0.15, 0.2) is 0 Å². The van der Waals surface area contributed by atoms with Gasteiger partial charge in [-0.15, -0.1) is 0 Å². The van der Waals surface area contributed by atoms with Gasteiger partial charge in [-0.3, -0.25) is 10.1 Å². The minimum Gasteiger partial charge on any atom is -0.385 e. The molecular weight excluding hydrogens is 220 g/mol. The van der Waals surface area contributed by atoms with Crippen LogP contribution in [-0.4, -0.2) is 16.1 Å². The molecule has 5 heteroatoms. The SMILES string of the molecule is CCC(N)CC(C)(O)c1ccc([N+](=O)[O-])cc1. The Kier molecular flexibility index (Phi) is 4.20. The number of nitro groups is 1. The van der Waals surface area contributed by atoms with Crippen molar-refractivity contribution in [1.82, 2.24) is 0 Å². The maximum Gasteiger partial charge on any atom is 0.269 e. The molecule has 2 atom stereocenters. The Labute approximate surface area is 100 Å². The first-order valence-corrected chi connectivity index (χ1v) is 5.59. The molecule has 0 fully saturated rings. The summed E-state index contributed by atoms with van der Waals surface area (Å²) in [6, 6.07) is 5.84. The lowest BCUT2D eigenvalue weighted by molar-refractivity contribution is -0.384. The predicted molar refractivity (Wildman–Crippen MR) is 65.6 cm³/mol. The first-order valence-electron chi connectivity index (χ1n) is 5.59. The third-order valence-corrected chi connectivity index (χ3v) is 2.88. The third-order valence-electron chi connectivity index (χ3n) is 2.88. The average Bonchev–Trinajstić information content (AvgIpc) is 2.28. The molecule has 0 heterocycles. The topological polar surface area (TPSA) is 89.4 Å². The summed E-state index contributed by atoms with van der Waals surface area (Å²) in [6.07, 6.45) is 1.21. The van der Waals surface area contributed by atoms with E-state index >= 15 is 0 Å². The minimum atomic E-state index is -1.05. The lowest BCUT2D eigenvalue weighted by Gasteiger charge is -2.26. The van der Waals surface area contributed by atoms with Crippen molar-refractivity contribution >= 4 is 5.69 Å². The van der Waals surface area contributed by atoms with E-state index in [9.17, 15) is 15.2 Å². The highest BCUT2D eigenvalue weighted by molar-refractivity contribution is 5.35. The van der Waals surface area contributed by atoms with Crippen molar-refractivity contribution < 1.29 is 10.0 Å². The van der Waals surface area contributed by atoms with Gasteiger partial charge < -0.3 is 10.8 Å². The Bertz CT molecular complexity index is 387. The van der Waals surface area contributed by atoms with Gasteiger partial charge in [0.1, 0.15) is 0 Å². The molecule has 0 saturated heterocycles. The number of aliphatic hydroxyl groups is 1. The van der Waals surface area contributed by atoms with Crippen LogP contribution in [0.5, 0.6) is 0 Å². The summed E-state index contributed by atoms with van der Waals surface area (Å²) in [7, 11) is 0. The summed E-state index contributed by atoms with van der Waals surface area (Å²) in [6.45, 7) is 3.63. The van der Waals surface area contributed by atoms with Gasteiger partial charge in [0.2, 0.25) is 0 Å². The normalized spacial score (nSPS) is 16.2. The molecular formula is C12H18N2O3. The van der Waals surface area contributed by atoms with E-state index in [0.29, 0.717) is 12.0 Å². The minimum absolute atomic E-state index is 0.0179. The zero-order valence-corrected chi connectivity index (χ0v) is 10.1. The summed E-state index contributed by atoms with van der Waals surface area (Å²) in [5.74, 6) is 0. The molecule has 1 rings (SSSR count). The van der Waals surface area contributed by atoms with Crippen LogP contribution in [0.1, 0.15) is 32.3 Å². The average molecular weight is 238 g/mol. The predicted octanol–water partition coefficient (Wildman–Crippen LogP) is 1.93. The highest BCUT2D eigenvalue weighted by Crippen LogP contribution is 2.27. The van der Waals surface area contributed by atoms with Crippen molar-refractivity contribution in [2.45, 2.75) is 38.3 Å². The summed E-state index contributed by atoms with van der Waals surface area (Å²) >= 11 is 0. The molecule has 3 N–H and O–H groups in total. The monoisotopic (exact) mass is 238 g/mol. The number of nitro benzene ring substituents is 1. The van der Waals surface area contributed by atoms with E-state index in [2.05, 4.69) is 0 Å². The van der Waals surface area contributed by atoms with Crippen molar-refractivity contribution in [1.29, 1.82) is 0 Å². The van der Waals surface area contributed by atoms with Crippen LogP contribution < -0.4 is 5.73 Å². The summed E-state index contributed by atoms with van der Waals surface area (Å²) in [4.78, 5) is 10.0. The second-order valence-corrected chi connectivity index (χ2v) is 4.45. The highest BCUT2D eigenvalue weighted by Gasteiger charge is 2.25. The Balaban J connectivity index is 2.87. The lowest BCUT2D eigenvalue weighted by atomic mass is 9.88. The number of hydrogen-bond acceptors (Lipinski definition) is 4. The standard InChI is InChI=1S/C12H18N2O3/c1-3-10(13)8-12(2,15)9-4-6-11(7-5-9)14(16)17/h4-7,10,15H,3,8,13H2,1-2H3. The van der Waals surface area contributed by atoms with E-state index in [1.807, 2.05) is 6.92 Å². The van der Waals surface area contributed by atoms with E-state index in [0.717, 1.165) is 6.42 Å². The van der Waals surface area contributed by atoms with Gasteiger partial charge >= 0.3 is 0 Å². The highest BCUT2D eigenvalue weighted by atomic mass is 16.6. The van der Waals surface area contributed by atoms with E-state index < -0.39 is 10.5 Å². The van der Waals surface area contributed by atoms with Crippen molar-refractivity contribution in [3.63, 3.8) is 0 Å². The molecule has 5 nitrogen and oxygen atoms in total. The summed E-state index contributed by atoms with van der Waals surface area (Å²) in [5, 5.41) is 20.8. The molecule has 0 amide bonds. The molecule has 0 spiro atoms. The first-order chi connectivity index (χ1) is 7.86. The van der Waals surface area contributed by atoms with Gasteiger partial charge in [-0.1, -0.05) is 6.92 Å². The number of nitrogens with zero attached hydrogens (tertiary/aromatic N) is 1. The quantitative estimate of drug-likeness (QED) is 0.606. The Morgan fingerprint density at radius 1 is 1.47 bits per heavy atom. The number of hydrogen-bond donors (Lipinski definition) is 2. The van der Waals surface area contributed by atoms with Crippen LogP contribution in [0.25, 0.3) is 0 Å². The molecule has 0 aromatic heterocycles. The Morgan fingerprint density at radius 3 is 2.41 bits per heavy atom. The lowest BCUT2D eigenvalue weighted by Crippen LogP contribution is -2.32.